The van der Waals surface area contributed by atoms with Crippen LogP contribution in [0.25, 0.3) is 16.9 Å². The van der Waals surface area contributed by atoms with E-state index in [-0.39, 0.29) is 5.82 Å². The third kappa shape index (κ3) is 4.81. The predicted molar refractivity (Wildman–Crippen MR) is 103 cm³/mol. The molecular weight excluding hydrogens is 329 g/mol. The number of halogens is 1. The molecule has 0 saturated carbocycles. The van der Waals surface area contributed by atoms with Crippen molar-refractivity contribution in [2.45, 2.75) is 33.6 Å². The van der Waals surface area contributed by atoms with E-state index < -0.39 is 0 Å². The van der Waals surface area contributed by atoms with Gasteiger partial charge in [-0.05, 0) is 42.3 Å². The minimum atomic E-state index is -0.265. The van der Waals surface area contributed by atoms with Crippen molar-refractivity contribution < 1.29 is 4.39 Å². The molecule has 3 aromatic rings. The summed E-state index contributed by atoms with van der Waals surface area (Å²) in [7, 11) is 1.62. The van der Waals surface area contributed by atoms with Crippen LogP contribution in [-0.4, -0.2) is 21.6 Å². The number of azo groups is 1. The number of fused-ring (bicyclic) bond motifs is 1. The highest BCUT2D eigenvalue weighted by Gasteiger charge is 2.09. The van der Waals surface area contributed by atoms with Crippen molar-refractivity contribution in [3.05, 3.63) is 65.9 Å². The molecule has 0 N–H and O–H groups in total. The Kier molecular flexibility index (Phi) is 7.14. The summed E-state index contributed by atoms with van der Waals surface area (Å²) in [6.07, 6.45) is 5.98. The van der Waals surface area contributed by atoms with Crippen LogP contribution in [0.15, 0.2) is 59.2 Å². The molecule has 0 aliphatic heterocycles. The van der Waals surface area contributed by atoms with E-state index in [1.54, 1.807) is 23.7 Å². The molecule has 136 valence electrons. The number of rotatable bonds is 4. The predicted octanol–water partition coefficient (Wildman–Crippen LogP) is 5.65. The van der Waals surface area contributed by atoms with Crippen LogP contribution in [-0.2, 0) is 0 Å². The summed E-state index contributed by atoms with van der Waals surface area (Å²) in [5.74, 6) is -0.265. The van der Waals surface area contributed by atoms with Crippen LogP contribution in [0.3, 0.4) is 0 Å². The number of hydrogen-bond donors (Lipinski definition) is 0. The van der Waals surface area contributed by atoms with E-state index in [0.717, 1.165) is 22.3 Å². The summed E-state index contributed by atoms with van der Waals surface area (Å²) >= 11 is 0. The average molecular weight is 353 g/mol. The highest BCUT2D eigenvalue weighted by Crippen LogP contribution is 2.27. The Balaban J connectivity index is 0.000000552. The molecule has 6 heteroatoms. The first-order valence-corrected chi connectivity index (χ1v) is 8.67. The SMILES string of the molecule is CCCC.CN=N/C(=C(\C)c1ccc(F)cc1)c1ccc2ncnn2c1. The summed E-state index contributed by atoms with van der Waals surface area (Å²) in [5, 5.41) is 12.3. The van der Waals surface area contributed by atoms with E-state index in [1.165, 1.54) is 31.3 Å². The Morgan fingerprint density at radius 2 is 1.69 bits per heavy atom. The van der Waals surface area contributed by atoms with Crippen molar-refractivity contribution >= 4 is 16.9 Å². The molecule has 0 spiro atoms. The van der Waals surface area contributed by atoms with Gasteiger partial charge in [-0.3, -0.25) is 0 Å². The first-order chi connectivity index (χ1) is 12.6. The number of unbranched alkanes of at least 4 members (excludes halogenated alkanes) is 1. The zero-order chi connectivity index (χ0) is 18.9. The Hall–Kier alpha value is -2.89. The zero-order valence-corrected chi connectivity index (χ0v) is 15.6. The molecule has 0 aliphatic rings. The van der Waals surface area contributed by atoms with Crippen molar-refractivity contribution in [1.29, 1.82) is 0 Å². The summed E-state index contributed by atoms with van der Waals surface area (Å²) in [6.45, 7) is 6.29. The van der Waals surface area contributed by atoms with Gasteiger partial charge in [0.15, 0.2) is 5.65 Å². The molecule has 0 saturated heterocycles. The quantitative estimate of drug-likeness (QED) is 0.570. The molecular formula is C20H24FN5. The maximum atomic E-state index is 13.1. The van der Waals surface area contributed by atoms with Crippen molar-refractivity contribution in [2.24, 2.45) is 10.2 Å². The van der Waals surface area contributed by atoms with Gasteiger partial charge in [0.25, 0.3) is 0 Å². The zero-order valence-electron chi connectivity index (χ0n) is 15.6. The van der Waals surface area contributed by atoms with Gasteiger partial charge in [0.1, 0.15) is 12.1 Å². The van der Waals surface area contributed by atoms with Crippen LogP contribution in [0.1, 0.15) is 44.7 Å². The van der Waals surface area contributed by atoms with E-state index in [0.29, 0.717) is 5.70 Å². The number of pyridine rings is 1. The van der Waals surface area contributed by atoms with Crippen LogP contribution < -0.4 is 0 Å². The second kappa shape index (κ2) is 9.56. The lowest BCUT2D eigenvalue weighted by molar-refractivity contribution is 0.627. The van der Waals surface area contributed by atoms with Gasteiger partial charge in [-0.2, -0.15) is 15.3 Å². The fourth-order valence-corrected chi connectivity index (χ4v) is 2.24. The molecule has 1 aromatic carbocycles. The van der Waals surface area contributed by atoms with Gasteiger partial charge < -0.3 is 0 Å². The average Bonchev–Trinajstić information content (AvgIpc) is 3.14. The van der Waals surface area contributed by atoms with Crippen molar-refractivity contribution in [1.82, 2.24) is 14.6 Å². The lowest BCUT2D eigenvalue weighted by Crippen LogP contribution is -1.93. The molecule has 0 unspecified atom stereocenters. The molecule has 0 aliphatic carbocycles. The molecule has 2 aromatic heterocycles. The Morgan fingerprint density at radius 1 is 1.04 bits per heavy atom. The number of allylic oxidation sites excluding steroid dienone is 1. The van der Waals surface area contributed by atoms with E-state index >= 15 is 0 Å². The maximum Gasteiger partial charge on any atom is 0.155 e. The Morgan fingerprint density at radius 3 is 2.31 bits per heavy atom. The minimum Gasteiger partial charge on any atom is -0.220 e. The lowest BCUT2D eigenvalue weighted by Gasteiger charge is -2.08. The second-order valence-electron chi connectivity index (χ2n) is 5.76. The van der Waals surface area contributed by atoms with E-state index in [1.807, 2.05) is 25.3 Å². The van der Waals surface area contributed by atoms with Gasteiger partial charge in [0, 0.05) is 18.8 Å². The third-order valence-electron chi connectivity index (χ3n) is 3.88. The van der Waals surface area contributed by atoms with Gasteiger partial charge >= 0.3 is 0 Å². The van der Waals surface area contributed by atoms with E-state index in [4.69, 9.17) is 0 Å². The second-order valence-corrected chi connectivity index (χ2v) is 5.76. The van der Waals surface area contributed by atoms with Crippen LogP contribution in [0, 0.1) is 5.82 Å². The van der Waals surface area contributed by atoms with Gasteiger partial charge in [-0.1, -0.05) is 38.8 Å². The summed E-state index contributed by atoms with van der Waals surface area (Å²) < 4.78 is 14.8. The molecule has 0 bridgehead atoms. The number of hydrogen-bond acceptors (Lipinski definition) is 4. The normalized spacial score (nSPS) is 12.0. The maximum absolute atomic E-state index is 13.1. The van der Waals surface area contributed by atoms with Crippen LogP contribution in [0.5, 0.6) is 0 Å². The molecule has 2 heterocycles. The highest BCUT2D eigenvalue weighted by atomic mass is 19.1. The van der Waals surface area contributed by atoms with E-state index in [2.05, 4.69) is 34.2 Å². The molecule has 0 amide bonds. The molecule has 0 radical (unpaired) electrons. The van der Waals surface area contributed by atoms with Crippen molar-refractivity contribution in [3.63, 3.8) is 0 Å². The molecule has 0 atom stereocenters. The molecule has 5 nitrogen and oxygen atoms in total. The first-order valence-electron chi connectivity index (χ1n) is 8.67. The summed E-state index contributed by atoms with van der Waals surface area (Å²) in [5.41, 5.74) is 4.14. The smallest absolute Gasteiger partial charge is 0.155 e. The third-order valence-corrected chi connectivity index (χ3v) is 3.88. The van der Waals surface area contributed by atoms with Gasteiger partial charge in [0.05, 0.1) is 5.70 Å². The largest absolute Gasteiger partial charge is 0.220 e. The fourth-order valence-electron chi connectivity index (χ4n) is 2.24. The fraction of sp³-hybridized carbons (Fsp3) is 0.300. The van der Waals surface area contributed by atoms with Gasteiger partial charge in [0.2, 0.25) is 0 Å². The number of nitrogens with zero attached hydrogens (tertiary/aromatic N) is 5. The topological polar surface area (TPSA) is 54.9 Å². The van der Waals surface area contributed by atoms with Crippen molar-refractivity contribution in [2.75, 3.05) is 7.05 Å². The Bertz CT molecular complexity index is 892. The molecule has 0 fully saturated rings. The number of aromatic nitrogens is 3. The highest BCUT2D eigenvalue weighted by molar-refractivity contribution is 5.89. The standard InChI is InChI=1S/C16H14FN5.C4H10/c1-11(12-3-6-14(17)7-4-12)16(21-18-2)13-5-8-15-19-10-20-22(15)9-13;1-3-4-2/h3-10H,1-2H3;3-4H2,1-2H3/b16-11+,21-18?;. The summed E-state index contributed by atoms with van der Waals surface area (Å²) in [6, 6.07) is 10.1. The minimum absolute atomic E-state index is 0.265. The van der Waals surface area contributed by atoms with E-state index in [9.17, 15) is 4.39 Å². The van der Waals surface area contributed by atoms with Gasteiger partial charge in [-0.15, -0.1) is 0 Å². The van der Waals surface area contributed by atoms with Crippen LogP contribution >= 0.6 is 0 Å². The lowest BCUT2D eigenvalue weighted by atomic mass is 10.0. The van der Waals surface area contributed by atoms with Crippen molar-refractivity contribution in [3.8, 4) is 0 Å². The first kappa shape index (κ1) is 19.4. The summed E-state index contributed by atoms with van der Waals surface area (Å²) in [4.78, 5) is 4.12. The monoisotopic (exact) mass is 353 g/mol. The Labute approximate surface area is 153 Å². The van der Waals surface area contributed by atoms with Gasteiger partial charge in [-0.25, -0.2) is 13.9 Å². The van der Waals surface area contributed by atoms with Crippen LogP contribution in [0.4, 0.5) is 4.39 Å². The molecule has 3 rings (SSSR count). The number of benzene rings is 1. The van der Waals surface area contributed by atoms with Crippen LogP contribution in [0.2, 0.25) is 0 Å². The molecule has 26 heavy (non-hydrogen) atoms.